The van der Waals surface area contributed by atoms with Crippen molar-refractivity contribution in [1.29, 1.82) is 0 Å². The van der Waals surface area contributed by atoms with E-state index >= 15 is 0 Å². The van der Waals surface area contributed by atoms with Gasteiger partial charge in [0.05, 0.1) is 19.1 Å². The maximum absolute atomic E-state index is 13.7. The number of carbonyl (C=O) groups is 1. The van der Waals surface area contributed by atoms with E-state index in [1.165, 1.54) is 19.2 Å². The number of hydrogen-bond donors (Lipinski definition) is 0. The second-order valence-electron chi connectivity index (χ2n) is 3.74. The fourth-order valence-corrected chi connectivity index (χ4v) is 1.70. The van der Waals surface area contributed by atoms with E-state index in [2.05, 4.69) is 4.98 Å². The molecule has 3 nitrogen and oxygen atoms in total. The molecule has 2 aromatic rings. The molecule has 0 aliphatic rings. The molecule has 4 heteroatoms. The third-order valence-corrected chi connectivity index (χ3v) is 2.54. The minimum absolute atomic E-state index is 0.0225. The summed E-state index contributed by atoms with van der Waals surface area (Å²) in [6.07, 6.45) is 1.65. The highest BCUT2D eigenvalue weighted by molar-refractivity contribution is 6.00. The van der Waals surface area contributed by atoms with Crippen LogP contribution in [0.25, 0.3) is 0 Å². The van der Waals surface area contributed by atoms with E-state index in [1.54, 1.807) is 30.5 Å². The van der Waals surface area contributed by atoms with Gasteiger partial charge in [0.25, 0.3) is 0 Å². The van der Waals surface area contributed by atoms with Gasteiger partial charge in [-0.05, 0) is 24.3 Å². The molecule has 18 heavy (non-hydrogen) atoms. The van der Waals surface area contributed by atoms with Crippen molar-refractivity contribution in [2.75, 3.05) is 7.11 Å². The van der Waals surface area contributed by atoms with Crippen molar-refractivity contribution in [3.63, 3.8) is 0 Å². The maximum Gasteiger partial charge on any atom is 0.175 e. The van der Waals surface area contributed by atoms with E-state index in [9.17, 15) is 9.18 Å². The first-order valence-corrected chi connectivity index (χ1v) is 5.48. The predicted octanol–water partition coefficient (Wildman–Crippen LogP) is 2.65. The molecule has 92 valence electrons. The monoisotopic (exact) mass is 245 g/mol. The highest BCUT2D eigenvalue weighted by Crippen LogP contribution is 2.22. The van der Waals surface area contributed by atoms with E-state index in [0.29, 0.717) is 5.69 Å². The summed E-state index contributed by atoms with van der Waals surface area (Å²) in [5.74, 6) is -0.671. The molecule has 1 aromatic heterocycles. The van der Waals surface area contributed by atoms with Gasteiger partial charge in [0, 0.05) is 11.9 Å². The molecule has 0 amide bonds. The van der Waals surface area contributed by atoms with Crippen molar-refractivity contribution in [3.05, 3.63) is 59.7 Å². The number of pyridine rings is 1. The minimum atomic E-state index is -0.574. The molecule has 1 aromatic carbocycles. The number of carbonyl (C=O) groups excluding carboxylic acids is 1. The fraction of sp³-hybridized carbons (Fsp3) is 0.143. The van der Waals surface area contributed by atoms with E-state index in [0.717, 1.165) is 0 Å². The number of aromatic nitrogens is 1. The Kier molecular flexibility index (Phi) is 3.67. The van der Waals surface area contributed by atoms with Gasteiger partial charge in [0.15, 0.2) is 5.78 Å². The van der Waals surface area contributed by atoms with Crippen molar-refractivity contribution in [3.8, 4) is 5.75 Å². The fourth-order valence-electron chi connectivity index (χ4n) is 1.70. The van der Waals surface area contributed by atoms with Crippen LogP contribution < -0.4 is 4.74 Å². The van der Waals surface area contributed by atoms with Crippen molar-refractivity contribution >= 4 is 5.78 Å². The number of methoxy groups -OCH3 is 1. The SMILES string of the molecule is COc1cccc(F)c1C(=O)Cc1ccccn1. The van der Waals surface area contributed by atoms with Crippen LogP contribution in [0.1, 0.15) is 16.1 Å². The summed E-state index contributed by atoms with van der Waals surface area (Å²) in [7, 11) is 1.41. The highest BCUT2D eigenvalue weighted by Gasteiger charge is 2.17. The van der Waals surface area contributed by atoms with Gasteiger partial charge in [0.1, 0.15) is 11.6 Å². The summed E-state index contributed by atoms with van der Waals surface area (Å²) in [5, 5.41) is 0. The number of ether oxygens (including phenoxy) is 1. The predicted molar refractivity (Wildman–Crippen MR) is 65.2 cm³/mol. The molecule has 0 N–H and O–H groups in total. The summed E-state index contributed by atoms with van der Waals surface area (Å²) in [5.41, 5.74) is 0.582. The molecule has 0 aliphatic heterocycles. The molecule has 0 radical (unpaired) electrons. The topological polar surface area (TPSA) is 39.2 Å². The van der Waals surface area contributed by atoms with Gasteiger partial charge >= 0.3 is 0 Å². The zero-order chi connectivity index (χ0) is 13.0. The lowest BCUT2D eigenvalue weighted by Gasteiger charge is -2.08. The van der Waals surface area contributed by atoms with Gasteiger partial charge in [-0.3, -0.25) is 9.78 Å². The smallest absolute Gasteiger partial charge is 0.175 e. The molecule has 0 unspecified atom stereocenters. The Hall–Kier alpha value is -2.23. The zero-order valence-electron chi connectivity index (χ0n) is 9.89. The highest BCUT2D eigenvalue weighted by atomic mass is 19.1. The Morgan fingerprint density at radius 3 is 2.78 bits per heavy atom. The van der Waals surface area contributed by atoms with Crippen molar-refractivity contribution in [2.45, 2.75) is 6.42 Å². The van der Waals surface area contributed by atoms with Crippen molar-refractivity contribution in [2.24, 2.45) is 0 Å². The molecule has 0 bridgehead atoms. The molecule has 1 heterocycles. The molecule has 0 saturated carbocycles. The Morgan fingerprint density at radius 1 is 1.28 bits per heavy atom. The summed E-state index contributed by atoms with van der Waals surface area (Å²) >= 11 is 0. The van der Waals surface area contributed by atoms with Crippen LogP contribution in [0.15, 0.2) is 42.6 Å². The van der Waals surface area contributed by atoms with E-state index < -0.39 is 5.82 Å². The standard InChI is InChI=1S/C14H12FNO2/c1-18-13-7-4-6-11(15)14(13)12(17)9-10-5-2-3-8-16-10/h2-8H,9H2,1H3. The van der Waals surface area contributed by atoms with Crippen LogP contribution in [0, 0.1) is 5.82 Å². The quantitative estimate of drug-likeness (QED) is 0.777. The number of benzene rings is 1. The second-order valence-corrected chi connectivity index (χ2v) is 3.74. The number of ketones is 1. The third kappa shape index (κ3) is 2.53. The number of hydrogen-bond acceptors (Lipinski definition) is 3. The molecule has 0 spiro atoms. The number of halogens is 1. The average Bonchev–Trinajstić information content (AvgIpc) is 2.39. The first kappa shape index (κ1) is 12.2. The zero-order valence-corrected chi connectivity index (χ0v) is 9.89. The molecule has 0 saturated heterocycles. The molecule has 0 aliphatic carbocycles. The Balaban J connectivity index is 2.29. The molecular weight excluding hydrogens is 233 g/mol. The van der Waals surface area contributed by atoms with Gasteiger partial charge in [-0.2, -0.15) is 0 Å². The maximum atomic E-state index is 13.7. The van der Waals surface area contributed by atoms with Crippen LogP contribution >= 0.6 is 0 Å². The van der Waals surface area contributed by atoms with Crippen molar-refractivity contribution < 1.29 is 13.9 Å². The van der Waals surface area contributed by atoms with Crippen LogP contribution in [-0.2, 0) is 6.42 Å². The Labute approximate surface area is 104 Å². The van der Waals surface area contributed by atoms with E-state index in [1.807, 2.05) is 0 Å². The van der Waals surface area contributed by atoms with Crippen LogP contribution in [-0.4, -0.2) is 17.9 Å². The third-order valence-electron chi connectivity index (χ3n) is 2.54. The summed E-state index contributed by atoms with van der Waals surface area (Å²) in [4.78, 5) is 16.1. The first-order chi connectivity index (χ1) is 8.72. The van der Waals surface area contributed by atoms with Gasteiger partial charge < -0.3 is 4.74 Å². The Bertz CT molecular complexity index is 555. The molecule has 0 atom stereocenters. The Morgan fingerprint density at radius 2 is 2.11 bits per heavy atom. The lowest BCUT2D eigenvalue weighted by Crippen LogP contribution is -2.09. The molecular formula is C14H12FNO2. The number of Topliss-reactive ketones (excluding diaryl/α,β-unsaturated/α-hetero) is 1. The summed E-state index contributed by atoms with van der Waals surface area (Å²) in [6, 6.07) is 9.59. The van der Waals surface area contributed by atoms with Gasteiger partial charge in [-0.25, -0.2) is 4.39 Å². The van der Waals surface area contributed by atoms with Crippen LogP contribution in [0.5, 0.6) is 5.75 Å². The molecule has 0 fully saturated rings. The van der Waals surface area contributed by atoms with Gasteiger partial charge in [-0.1, -0.05) is 12.1 Å². The summed E-state index contributed by atoms with van der Waals surface area (Å²) < 4.78 is 18.7. The van der Waals surface area contributed by atoms with Gasteiger partial charge in [-0.15, -0.1) is 0 Å². The number of rotatable bonds is 4. The van der Waals surface area contributed by atoms with Crippen LogP contribution in [0.4, 0.5) is 4.39 Å². The lowest BCUT2D eigenvalue weighted by atomic mass is 10.0. The summed E-state index contributed by atoms with van der Waals surface area (Å²) in [6.45, 7) is 0. The van der Waals surface area contributed by atoms with E-state index in [4.69, 9.17) is 4.74 Å². The minimum Gasteiger partial charge on any atom is -0.496 e. The van der Waals surface area contributed by atoms with Crippen LogP contribution in [0.2, 0.25) is 0 Å². The lowest BCUT2D eigenvalue weighted by molar-refractivity contribution is 0.0985. The van der Waals surface area contributed by atoms with Gasteiger partial charge in [0.2, 0.25) is 0 Å². The van der Waals surface area contributed by atoms with Crippen molar-refractivity contribution in [1.82, 2.24) is 4.98 Å². The second kappa shape index (κ2) is 5.40. The normalized spacial score (nSPS) is 10.1. The van der Waals surface area contributed by atoms with Crippen LogP contribution in [0.3, 0.4) is 0 Å². The first-order valence-electron chi connectivity index (χ1n) is 5.48. The average molecular weight is 245 g/mol. The number of nitrogens with zero attached hydrogens (tertiary/aromatic N) is 1. The van der Waals surface area contributed by atoms with E-state index in [-0.39, 0.29) is 23.5 Å². The molecule has 2 rings (SSSR count). The largest absolute Gasteiger partial charge is 0.496 e.